The van der Waals surface area contributed by atoms with Crippen LogP contribution in [0.3, 0.4) is 0 Å². The summed E-state index contributed by atoms with van der Waals surface area (Å²) in [5.74, 6) is 0. The highest BCUT2D eigenvalue weighted by molar-refractivity contribution is 7.40. The summed E-state index contributed by atoms with van der Waals surface area (Å²) in [4.78, 5) is 10.7. The van der Waals surface area contributed by atoms with E-state index in [0.717, 1.165) is 19.3 Å². The quantitative estimate of drug-likeness (QED) is 0.274. The monoisotopic (exact) mass is 468 g/mol. The van der Waals surface area contributed by atoms with E-state index < -0.39 is 14.2 Å². The molecule has 5 heteroatoms. The van der Waals surface area contributed by atoms with Crippen molar-refractivity contribution < 1.29 is 19.0 Å². The molecule has 0 aliphatic heterocycles. The van der Waals surface area contributed by atoms with Crippen molar-refractivity contribution in [3.8, 4) is 0 Å². The summed E-state index contributed by atoms with van der Waals surface area (Å²) in [6.07, 6.45) is 3.32. The Kier molecular flexibility index (Phi) is 10.4. The second kappa shape index (κ2) is 11.3. The summed E-state index contributed by atoms with van der Waals surface area (Å²) >= 11 is 0. The van der Waals surface area contributed by atoms with E-state index in [-0.39, 0.29) is 29.5 Å². The number of hydrogen-bond acceptors (Lipinski definition) is 4. The molecule has 2 N–H and O–H groups in total. The van der Waals surface area contributed by atoms with Crippen LogP contribution in [0.4, 0.5) is 0 Å². The highest BCUT2D eigenvalue weighted by Crippen LogP contribution is 2.51. The topological polar surface area (TPSA) is 58.9 Å². The Bertz CT molecular complexity index is 690. The molecule has 2 unspecified atom stereocenters. The fourth-order valence-electron chi connectivity index (χ4n) is 3.96. The average Bonchev–Trinajstić information content (AvgIpc) is 2.63. The molecule has 0 saturated heterocycles. The van der Waals surface area contributed by atoms with Crippen LogP contribution in [-0.4, -0.2) is 23.2 Å². The predicted octanol–water partition coefficient (Wildman–Crippen LogP) is 7.62. The molecule has 0 amide bonds. The summed E-state index contributed by atoms with van der Waals surface area (Å²) in [6.45, 7) is 24.9. The lowest BCUT2D eigenvalue weighted by Crippen LogP contribution is -2.34. The van der Waals surface area contributed by atoms with Gasteiger partial charge in [-0.15, -0.1) is 0 Å². The first kappa shape index (κ1) is 29.5. The van der Waals surface area contributed by atoms with E-state index in [1.807, 2.05) is 0 Å². The first-order chi connectivity index (χ1) is 14.5. The van der Waals surface area contributed by atoms with Crippen LogP contribution in [0.2, 0.25) is 0 Å². The Balaban J connectivity index is 3.82. The summed E-state index contributed by atoms with van der Waals surface area (Å²) in [6, 6.07) is 4.70. The molecule has 0 saturated carbocycles. The summed E-state index contributed by atoms with van der Waals surface area (Å²) < 4.78 is 11.9. The van der Waals surface area contributed by atoms with Crippen LogP contribution >= 0.6 is 8.60 Å². The van der Waals surface area contributed by atoms with Gasteiger partial charge in [0.1, 0.15) is 0 Å². The van der Waals surface area contributed by atoms with Gasteiger partial charge in [0, 0.05) is 6.61 Å². The molecule has 0 aliphatic carbocycles. The SMILES string of the molecule is CCCCC(C)(OP(O)OCCCO)c1c(C(C)(C)C)cc(C(C)(C)C)cc1C(C)(C)C. The van der Waals surface area contributed by atoms with E-state index in [1.165, 1.54) is 22.3 Å². The number of unbranched alkanes of at least 4 members (excludes halogenated alkanes) is 1. The fraction of sp³-hybridized carbons (Fsp3) is 0.778. The van der Waals surface area contributed by atoms with Crippen molar-refractivity contribution in [2.24, 2.45) is 0 Å². The molecule has 1 aromatic rings. The molecule has 0 aliphatic rings. The largest absolute Gasteiger partial charge is 0.396 e. The number of rotatable bonds is 10. The van der Waals surface area contributed by atoms with Crippen molar-refractivity contribution >= 4 is 8.60 Å². The van der Waals surface area contributed by atoms with E-state index >= 15 is 0 Å². The second-order valence-corrected chi connectivity index (χ2v) is 13.2. The number of benzene rings is 1. The minimum Gasteiger partial charge on any atom is -0.396 e. The van der Waals surface area contributed by atoms with Gasteiger partial charge in [0.2, 0.25) is 0 Å². The molecule has 1 rings (SSSR count). The van der Waals surface area contributed by atoms with Crippen LogP contribution in [0, 0.1) is 0 Å². The molecule has 186 valence electrons. The molecule has 1 aromatic carbocycles. The maximum atomic E-state index is 10.7. The Hall–Kier alpha value is -0.510. The third-order valence-corrected chi connectivity index (χ3v) is 6.90. The molecule has 0 heterocycles. The van der Waals surface area contributed by atoms with Gasteiger partial charge in [0.25, 0.3) is 0 Å². The van der Waals surface area contributed by atoms with Gasteiger partial charge < -0.3 is 19.0 Å². The predicted molar refractivity (Wildman–Crippen MR) is 137 cm³/mol. The zero-order valence-electron chi connectivity index (χ0n) is 22.6. The highest BCUT2D eigenvalue weighted by Gasteiger charge is 2.40. The molecule has 0 fully saturated rings. The van der Waals surface area contributed by atoms with Crippen molar-refractivity contribution in [3.63, 3.8) is 0 Å². The van der Waals surface area contributed by atoms with Gasteiger partial charge in [0.15, 0.2) is 0 Å². The van der Waals surface area contributed by atoms with Gasteiger partial charge in [-0.05, 0) is 58.3 Å². The first-order valence-electron chi connectivity index (χ1n) is 12.1. The van der Waals surface area contributed by atoms with Gasteiger partial charge >= 0.3 is 8.60 Å². The molecule has 32 heavy (non-hydrogen) atoms. The van der Waals surface area contributed by atoms with Crippen LogP contribution < -0.4 is 0 Å². The van der Waals surface area contributed by atoms with Crippen LogP contribution in [0.25, 0.3) is 0 Å². The lowest BCUT2D eigenvalue weighted by atomic mass is 9.68. The van der Waals surface area contributed by atoms with Crippen LogP contribution in [0.15, 0.2) is 12.1 Å². The summed E-state index contributed by atoms with van der Waals surface area (Å²) in [5, 5.41) is 9.05. The third-order valence-electron chi connectivity index (χ3n) is 5.94. The molecule has 0 aromatic heterocycles. The van der Waals surface area contributed by atoms with Crippen LogP contribution in [-0.2, 0) is 30.9 Å². The van der Waals surface area contributed by atoms with Crippen molar-refractivity contribution in [2.45, 2.75) is 124 Å². The molecular formula is C27H49O4P. The van der Waals surface area contributed by atoms with Gasteiger partial charge in [0.05, 0.1) is 12.2 Å². The minimum atomic E-state index is -2.06. The van der Waals surface area contributed by atoms with Crippen LogP contribution in [0.5, 0.6) is 0 Å². The Morgan fingerprint density at radius 1 is 0.812 bits per heavy atom. The molecule has 0 spiro atoms. The number of hydrogen-bond donors (Lipinski definition) is 2. The maximum Gasteiger partial charge on any atom is 0.330 e. The molecule has 0 bridgehead atoms. The van der Waals surface area contributed by atoms with E-state index in [2.05, 4.69) is 88.3 Å². The zero-order valence-corrected chi connectivity index (χ0v) is 23.4. The van der Waals surface area contributed by atoms with Gasteiger partial charge in [-0.1, -0.05) is 94.2 Å². The first-order valence-corrected chi connectivity index (χ1v) is 13.2. The van der Waals surface area contributed by atoms with Crippen molar-refractivity contribution in [1.82, 2.24) is 0 Å². The standard InChI is InChI=1S/C27H49O4P/c1-12-13-15-27(11,31-32(29)30-17-14-16-28)23-21(25(5,6)7)18-20(24(2,3)4)19-22(23)26(8,9)10/h18-19,28-29H,12-17H2,1-11H3. The molecule has 4 nitrogen and oxygen atoms in total. The van der Waals surface area contributed by atoms with E-state index in [0.29, 0.717) is 6.42 Å². The lowest BCUT2D eigenvalue weighted by Gasteiger charge is -2.41. The smallest absolute Gasteiger partial charge is 0.330 e. The summed E-state index contributed by atoms with van der Waals surface area (Å²) in [7, 11) is -2.06. The van der Waals surface area contributed by atoms with Crippen molar-refractivity contribution in [2.75, 3.05) is 13.2 Å². The maximum absolute atomic E-state index is 10.7. The fourth-order valence-corrected chi connectivity index (χ4v) is 4.83. The third kappa shape index (κ3) is 8.06. The van der Waals surface area contributed by atoms with Gasteiger partial charge in [-0.2, -0.15) is 0 Å². The molecule has 0 radical (unpaired) electrons. The van der Waals surface area contributed by atoms with Crippen LogP contribution in [0.1, 0.15) is 124 Å². The normalized spacial score (nSPS) is 16.2. The second-order valence-electron chi connectivity index (χ2n) is 12.3. The van der Waals surface area contributed by atoms with E-state index in [9.17, 15) is 4.89 Å². The zero-order chi connectivity index (χ0) is 25.0. The van der Waals surface area contributed by atoms with Crippen molar-refractivity contribution in [1.29, 1.82) is 0 Å². The molecule has 2 atom stereocenters. The highest BCUT2D eigenvalue weighted by atomic mass is 31.2. The van der Waals surface area contributed by atoms with Crippen molar-refractivity contribution in [3.05, 3.63) is 34.4 Å². The number of aliphatic hydroxyl groups is 1. The summed E-state index contributed by atoms with van der Waals surface area (Å²) in [5.41, 5.74) is 4.20. The minimum absolute atomic E-state index is 0.0240. The van der Waals surface area contributed by atoms with Gasteiger partial charge in [-0.3, -0.25) is 0 Å². The average molecular weight is 469 g/mol. The number of aliphatic hydroxyl groups excluding tert-OH is 1. The Morgan fingerprint density at radius 3 is 1.69 bits per heavy atom. The van der Waals surface area contributed by atoms with Gasteiger partial charge in [-0.25, -0.2) is 0 Å². The Labute approximate surface area is 199 Å². The van der Waals surface area contributed by atoms with E-state index in [1.54, 1.807) is 0 Å². The molecular weight excluding hydrogens is 419 g/mol. The lowest BCUT2D eigenvalue weighted by molar-refractivity contribution is 0.0434. The van der Waals surface area contributed by atoms with E-state index in [4.69, 9.17) is 14.2 Å². The Morgan fingerprint density at radius 2 is 1.31 bits per heavy atom.